The Balaban J connectivity index is 1.41. The van der Waals surface area contributed by atoms with Crippen LogP contribution in [0.2, 0.25) is 0 Å². The fourth-order valence-electron chi connectivity index (χ4n) is 4.84. The zero-order chi connectivity index (χ0) is 28.2. The Morgan fingerprint density at radius 1 is 0.923 bits per heavy atom. The minimum atomic E-state index is -4.55. The molecule has 39 heavy (non-hydrogen) atoms. The van der Waals surface area contributed by atoms with Crippen molar-refractivity contribution < 1.29 is 31.1 Å². The van der Waals surface area contributed by atoms with Crippen LogP contribution in [0.25, 0.3) is 22.2 Å². The molecular weight excluding hydrogens is 529 g/mol. The van der Waals surface area contributed by atoms with Gasteiger partial charge in [-0.15, -0.1) is 0 Å². The van der Waals surface area contributed by atoms with Crippen LogP contribution in [-0.4, -0.2) is 30.7 Å². The van der Waals surface area contributed by atoms with E-state index in [4.69, 9.17) is 4.74 Å². The molecular formula is C29H27F3N2O4S. The second kappa shape index (κ2) is 9.53. The van der Waals surface area contributed by atoms with Gasteiger partial charge in [-0.05, 0) is 92.8 Å². The minimum Gasteiger partial charge on any atom is -0.443 e. The molecule has 0 bridgehead atoms. The van der Waals surface area contributed by atoms with Gasteiger partial charge in [-0.25, -0.2) is 22.5 Å². The number of hydrogen-bond acceptors (Lipinski definition) is 4. The number of sulfonamides is 1. The largest absolute Gasteiger partial charge is 0.443 e. The third-order valence-electron chi connectivity index (χ3n) is 6.54. The van der Waals surface area contributed by atoms with Gasteiger partial charge in [0.05, 0.1) is 21.7 Å². The average Bonchev–Trinajstić information content (AvgIpc) is 3.42. The topological polar surface area (TPSA) is 77.4 Å². The summed E-state index contributed by atoms with van der Waals surface area (Å²) in [5.74, 6) is 0. The Morgan fingerprint density at radius 2 is 1.59 bits per heavy atom. The number of nitrogens with one attached hydrogen (secondary N) is 1. The van der Waals surface area contributed by atoms with Crippen molar-refractivity contribution in [3.05, 3.63) is 89.5 Å². The van der Waals surface area contributed by atoms with Crippen LogP contribution >= 0.6 is 0 Å². The number of para-hydroxylation sites is 1. The lowest BCUT2D eigenvalue weighted by Crippen LogP contribution is -2.35. The summed E-state index contributed by atoms with van der Waals surface area (Å²) in [6, 6.07) is 18.1. The van der Waals surface area contributed by atoms with E-state index >= 15 is 0 Å². The summed E-state index contributed by atoms with van der Waals surface area (Å²) in [6.07, 6.45) is -4.21. The maximum absolute atomic E-state index is 13.2. The molecule has 0 amide bonds. The molecule has 3 aromatic carbocycles. The molecule has 1 aromatic heterocycles. The summed E-state index contributed by atoms with van der Waals surface area (Å²) in [5, 5.41) is 0.876. The molecule has 1 atom stereocenters. The van der Waals surface area contributed by atoms with Crippen molar-refractivity contribution in [2.75, 3.05) is 0 Å². The number of carbonyl (C=O) groups is 1. The first-order valence-electron chi connectivity index (χ1n) is 12.4. The standard InChI is InChI=1S/C29H27F3N2O4S/c1-28(2,3)38-27(35)34-25-7-5-4-6-19(25)17-26(34)20-9-8-18-15-23(16-21(18)14-20)33-39(36,37)24-12-10-22(11-13-24)29(30,31)32/h4-14,17,23,33H,15-16H2,1-3H3. The fraction of sp³-hybridized carbons (Fsp3) is 0.276. The highest BCUT2D eigenvalue weighted by Crippen LogP contribution is 2.34. The molecule has 0 saturated carbocycles. The first-order chi connectivity index (χ1) is 18.2. The van der Waals surface area contributed by atoms with Crippen molar-refractivity contribution in [3.63, 3.8) is 0 Å². The van der Waals surface area contributed by atoms with Gasteiger partial charge in [0.2, 0.25) is 10.0 Å². The number of carbonyl (C=O) groups excluding carboxylic acids is 1. The summed E-state index contributed by atoms with van der Waals surface area (Å²) < 4.78 is 74.2. The fourth-order valence-corrected chi connectivity index (χ4v) is 6.08. The third kappa shape index (κ3) is 5.58. The van der Waals surface area contributed by atoms with E-state index in [1.54, 1.807) is 25.3 Å². The van der Waals surface area contributed by atoms with Gasteiger partial charge in [0.1, 0.15) is 5.60 Å². The second-order valence-corrected chi connectivity index (χ2v) is 12.4. The minimum absolute atomic E-state index is 0.228. The zero-order valence-electron chi connectivity index (χ0n) is 21.5. The van der Waals surface area contributed by atoms with Crippen molar-refractivity contribution in [3.8, 4) is 11.3 Å². The molecule has 1 unspecified atom stereocenters. The smallest absolute Gasteiger partial charge is 0.419 e. The summed E-state index contributed by atoms with van der Waals surface area (Å²) in [4.78, 5) is 13.0. The van der Waals surface area contributed by atoms with E-state index in [2.05, 4.69) is 4.72 Å². The molecule has 204 valence electrons. The molecule has 10 heteroatoms. The lowest BCUT2D eigenvalue weighted by Gasteiger charge is -2.21. The quantitative estimate of drug-likeness (QED) is 0.309. The number of nitrogens with zero attached hydrogens (tertiary/aromatic N) is 1. The molecule has 4 aromatic rings. The van der Waals surface area contributed by atoms with E-state index in [0.29, 0.717) is 24.1 Å². The highest BCUT2D eigenvalue weighted by Gasteiger charge is 2.32. The number of aromatic nitrogens is 1. The summed E-state index contributed by atoms with van der Waals surface area (Å²) >= 11 is 0. The van der Waals surface area contributed by atoms with Crippen molar-refractivity contribution in [1.29, 1.82) is 0 Å². The predicted octanol–water partition coefficient (Wildman–Crippen LogP) is 6.56. The lowest BCUT2D eigenvalue weighted by atomic mass is 10.0. The number of ether oxygens (including phenoxy) is 1. The van der Waals surface area contributed by atoms with Crippen LogP contribution in [0, 0.1) is 0 Å². The number of fused-ring (bicyclic) bond motifs is 2. The number of halogens is 3. The van der Waals surface area contributed by atoms with E-state index in [0.717, 1.165) is 46.3 Å². The van der Waals surface area contributed by atoms with Gasteiger partial charge in [-0.3, -0.25) is 0 Å². The summed E-state index contributed by atoms with van der Waals surface area (Å²) in [5.41, 5.74) is 2.43. The first-order valence-corrected chi connectivity index (χ1v) is 13.9. The Labute approximate surface area is 224 Å². The molecule has 0 radical (unpaired) electrons. The normalized spacial score (nSPS) is 15.9. The molecule has 1 aliphatic rings. The van der Waals surface area contributed by atoms with Crippen LogP contribution in [0.5, 0.6) is 0 Å². The Kier molecular flexibility index (Phi) is 6.59. The summed E-state index contributed by atoms with van der Waals surface area (Å²) in [7, 11) is -4.02. The molecule has 0 saturated heterocycles. The highest BCUT2D eigenvalue weighted by atomic mass is 32.2. The lowest BCUT2D eigenvalue weighted by molar-refractivity contribution is -0.137. The van der Waals surface area contributed by atoms with E-state index in [1.807, 2.05) is 48.5 Å². The SMILES string of the molecule is CC(C)(C)OC(=O)n1c(-c2ccc3c(c2)CC(NS(=O)(=O)c2ccc(C(F)(F)F)cc2)C3)cc2ccccc21. The second-order valence-electron chi connectivity index (χ2n) is 10.6. The number of benzene rings is 3. The van der Waals surface area contributed by atoms with Gasteiger partial charge in [-0.1, -0.05) is 30.3 Å². The van der Waals surface area contributed by atoms with Crippen molar-refractivity contribution in [1.82, 2.24) is 9.29 Å². The molecule has 5 rings (SSSR count). The Bertz CT molecular complexity index is 1670. The number of hydrogen-bond donors (Lipinski definition) is 1. The van der Waals surface area contributed by atoms with E-state index in [1.165, 1.54) is 0 Å². The number of rotatable bonds is 4. The molecule has 1 N–H and O–H groups in total. The molecule has 0 fully saturated rings. The molecule has 0 aliphatic heterocycles. The molecule has 1 heterocycles. The van der Waals surface area contributed by atoms with E-state index < -0.39 is 39.5 Å². The summed E-state index contributed by atoms with van der Waals surface area (Å²) in [6.45, 7) is 5.41. The Hall–Kier alpha value is -3.63. The van der Waals surface area contributed by atoms with Crippen LogP contribution in [0.15, 0.2) is 77.7 Å². The van der Waals surface area contributed by atoms with Crippen LogP contribution < -0.4 is 4.72 Å². The monoisotopic (exact) mass is 556 g/mol. The highest BCUT2D eigenvalue weighted by molar-refractivity contribution is 7.89. The number of alkyl halides is 3. The van der Waals surface area contributed by atoms with Gasteiger partial charge in [-0.2, -0.15) is 13.2 Å². The van der Waals surface area contributed by atoms with Crippen LogP contribution in [0.1, 0.15) is 37.5 Å². The van der Waals surface area contributed by atoms with Gasteiger partial charge in [0, 0.05) is 11.4 Å². The van der Waals surface area contributed by atoms with Gasteiger partial charge >= 0.3 is 12.3 Å². The Morgan fingerprint density at radius 3 is 2.26 bits per heavy atom. The van der Waals surface area contributed by atoms with Crippen molar-refractivity contribution in [2.24, 2.45) is 0 Å². The molecule has 0 spiro atoms. The van der Waals surface area contributed by atoms with Crippen LogP contribution in [0.4, 0.5) is 18.0 Å². The van der Waals surface area contributed by atoms with Crippen molar-refractivity contribution >= 4 is 27.0 Å². The van der Waals surface area contributed by atoms with E-state index in [-0.39, 0.29) is 4.90 Å². The molecule has 1 aliphatic carbocycles. The van der Waals surface area contributed by atoms with E-state index in [9.17, 15) is 26.4 Å². The van der Waals surface area contributed by atoms with Crippen molar-refractivity contribution in [2.45, 2.75) is 56.3 Å². The van der Waals surface area contributed by atoms with Gasteiger partial charge in [0.25, 0.3) is 0 Å². The van der Waals surface area contributed by atoms with Gasteiger partial charge in [0.15, 0.2) is 0 Å². The molecule has 6 nitrogen and oxygen atoms in total. The first kappa shape index (κ1) is 27.0. The van der Waals surface area contributed by atoms with Crippen LogP contribution in [-0.2, 0) is 33.8 Å². The average molecular weight is 557 g/mol. The maximum Gasteiger partial charge on any atom is 0.419 e. The van der Waals surface area contributed by atoms with Crippen LogP contribution in [0.3, 0.4) is 0 Å². The van der Waals surface area contributed by atoms with Gasteiger partial charge < -0.3 is 4.74 Å². The zero-order valence-corrected chi connectivity index (χ0v) is 22.4. The predicted molar refractivity (Wildman–Crippen MR) is 142 cm³/mol. The maximum atomic E-state index is 13.2. The third-order valence-corrected chi connectivity index (χ3v) is 8.07.